The summed E-state index contributed by atoms with van der Waals surface area (Å²) in [6, 6.07) is 6.81. The van der Waals surface area contributed by atoms with Gasteiger partial charge in [-0.2, -0.15) is 0 Å². The Balaban J connectivity index is 2.83. The van der Waals surface area contributed by atoms with Crippen LogP contribution in [0.1, 0.15) is 17.3 Å². The number of rotatable bonds is 7. The first-order valence-corrected chi connectivity index (χ1v) is 6.58. The molecule has 1 amide bonds. The van der Waals surface area contributed by atoms with E-state index in [0.29, 0.717) is 11.3 Å². The lowest BCUT2D eigenvalue weighted by molar-refractivity contribution is 0.0929. The van der Waals surface area contributed by atoms with Crippen LogP contribution in [0.25, 0.3) is 0 Å². The summed E-state index contributed by atoms with van der Waals surface area (Å²) >= 11 is 12.0. The van der Waals surface area contributed by atoms with Crippen LogP contribution in [0.3, 0.4) is 0 Å². The summed E-state index contributed by atoms with van der Waals surface area (Å²) in [5.41, 5.74) is 3.75. The number of nitrogens with one attached hydrogen (secondary N) is 3. The van der Waals surface area contributed by atoms with Crippen LogP contribution in [0, 0.1) is 0 Å². The van der Waals surface area contributed by atoms with Crippen molar-refractivity contribution in [1.82, 2.24) is 10.6 Å². The summed E-state index contributed by atoms with van der Waals surface area (Å²) in [5.74, 6) is -0.323. The number of hydrogen-bond acceptors (Lipinski definition) is 4. The predicted molar refractivity (Wildman–Crippen MR) is 81.8 cm³/mol. The van der Waals surface area contributed by atoms with Gasteiger partial charge in [-0.25, -0.2) is 0 Å². The van der Waals surface area contributed by atoms with Gasteiger partial charge >= 0.3 is 0 Å². The van der Waals surface area contributed by atoms with Gasteiger partial charge in [-0.3, -0.25) is 15.1 Å². The van der Waals surface area contributed by atoms with Crippen LogP contribution in [-0.4, -0.2) is 23.5 Å². The minimum atomic E-state index is -1.19. The molecule has 0 fully saturated rings. The number of hydrogen-bond donors (Lipinski definition) is 3. The Morgan fingerprint density at radius 2 is 2.20 bits per heavy atom. The smallest absolute Gasteiger partial charge is 0.253 e. The molecule has 20 heavy (non-hydrogen) atoms. The molecule has 0 aliphatic heterocycles. The molecule has 0 aliphatic carbocycles. The van der Waals surface area contributed by atoms with Crippen molar-refractivity contribution in [2.45, 2.75) is 17.4 Å². The van der Waals surface area contributed by atoms with Gasteiger partial charge in [0, 0.05) is 5.56 Å². The van der Waals surface area contributed by atoms with E-state index in [4.69, 9.17) is 28.0 Å². The van der Waals surface area contributed by atoms with Crippen molar-refractivity contribution < 1.29 is 9.63 Å². The average molecular weight is 318 g/mol. The number of benzene rings is 1. The predicted octanol–water partition coefficient (Wildman–Crippen LogP) is 2.64. The van der Waals surface area contributed by atoms with Gasteiger partial charge in [0.1, 0.15) is 6.17 Å². The van der Waals surface area contributed by atoms with Crippen molar-refractivity contribution in [3.8, 4) is 0 Å². The second kappa shape index (κ2) is 7.38. The quantitative estimate of drug-likeness (QED) is 0.411. The van der Waals surface area contributed by atoms with E-state index >= 15 is 0 Å². The van der Waals surface area contributed by atoms with Crippen LogP contribution in [-0.2, 0) is 4.84 Å². The number of carbonyl (C=O) groups is 1. The molecule has 0 radical (unpaired) electrons. The molecule has 1 aromatic rings. The van der Waals surface area contributed by atoms with E-state index in [0.717, 1.165) is 0 Å². The van der Waals surface area contributed by atoms with Crippen LogP contribution in [0.4, 0.5) is 5.69 Å². The molecule has 0 heterocycles. The lowest BCUT2D eigenvalue weighted by Crippen LogP contribution is -2.52. The minimum Gasteiger partial charge on any atom is -0.369 e. The zero-order valence-corrected chi connectivity index (χ0v) is 12.8. The maximum absolute atomic E-state index is 12.2. The van der Waals surface area contributed by atoms with Gasteiger partial charge in [-0.05, 0) is 31.3 Å². The highest BCUT2D eigenvalue weighted by molar-refractivity contribution is 6.48. The second-order valence-electron chi connectivity index (χ2n) is 4.12. The van der Waals surface area contributed by atoms with Crippen molar-refractivity contribution in [2.24, 2.45) is 0 Å². The zero-order valence-electron chi connectivity index (χ0n) is 11.2. The Morgan fingerprint density at radius 3 is 2.75 bits per heavy atom. The number of alkyl halides is 2. The third kappa shape index (κ3) is 4.92. The van der Waals surface area contributed by atoms with Gasteiger partial charge in [0.15, 0.2) is 4.33 Å². The van der Waals surface area contributed by atoms with Gasteiger partial charge in [-0.15, -0.1) is 0 Å². The van der Waals surface area contributed by atoms with Crippen molar-refractivity contribution in [3.05, 3.63) is 42.6 Å². The molecule has 1 unspecified atom stereocenters. The van der Waals surface area contributed by atoms with Crippen molar-refractivity contribution >= 4 is 34.8 Å². The molecule has 1 aromatic carbocycles. The first-order valence-electron chi connectivity index (χ1n) is 5.83. The second-order valence-corrected chi connectivity index (χ2v) is 5.88. The van der Waals surface area contributed by atoms with Crippen molar-refractivity contribution in [1.29, 1.82) is 0 Å². The molecular formula is C13H17Cl2N3O2. The van der Waals surface area contributed by atoms with Crippen LogP contribution < -0.4 is 16.1 Å². The lowest BCUT2D eigenvalue weighted by atomic mass is 10.2. The Kier molecular flexibility index (Phi) is 6.13. The van der Waals surface area contributed by atoms with Crippen LogP contribution in [0.2, 0.25) is 0 Å². The molecule has 7 heteroatoms. The van der Waals surface area contributed by atoms with Gasteiger partial charge in [0.25, 0.3) is 5.91 Å². The summed E-state index contributed by atoms with van der Waals surface area (Å²) in [6.45, 7) is 5.10. The molecule has 5 nitrogen and oxygen atoms in total. The minimum absolute atomic E-state index is 0.323. The number of amides is 1. The van der Waals surface area contributed by atoms with E-state index in [1.165, 1.54) is 13.3 Å². The maximum Gasteiger partial charge on any atom is 0.253 e. The van der Waals surface area contributed by atoms with Crippen LogP contribution in [0.15, 0.2) is 37.0 Å². The molecule has 110 valence electrons. The normalized spacial score (nSPS) is 12.4. The molecule has 0 aliphatic rings. The SMILES string of the molecule is C=CNC(NC(=O)c1cccc(NOC)c1)C(C)(Cl)Cl. The van der Waals surface area contributed by atoms with E-state index in [1.54, 1.807) is 31.2 Å². The average Bonchev–Trinajstić information content (AvgIpc) is 2.38. The van der Waals surface area contributed by atoms with Crippen molar-refractivity contribution in [2.75, 3.05) is 12.6 Å². The van der Waals surface area contributed by atoms with Crippen LogP contribution in [0.5, 0.6) is 0 Å². The third-order valence-corrected chi connectivity index (χ3v) is 2.85. The van der Waals surface area contributed by atoms with Crippen molar-refractivity contribution in [3.63, 3.8) is 0 Å². The highest BCUT2D eigenvalue weighted by Crippen LogP contribution is 2.23. The van der Waals surface area contributed by atoms with Gasteiger partial charge in [0.05, 0.1) is 12.8 Å². The van der Waals surface area contributed by atoms with E-state index in [-0.39, 0.29) is 5.91 Å². The number of halogens is 2. The largest absolute Gasteiger partial charge is 0.369 e. The highest BCUT2D eigenvalue weighted by Gasteiger charge is 2.30. The molecule has 0 saturated carbocycles. The number of carbonyl (C=O) groups excluding carboxylic acids is 1. The van der Waals surface area contributed by atoms with E-state index in [9.17, 15) is 4.79 Å². The van der Waals surface area contributed by atoms with Gasteiger partial charge in [-0.1, -0.05) is 35.8 Å². The van der Waals surface area contributed by atoms with Crippen LogP contribution >= 0.6 is 23.2 Å². The Bertz CT molecular complexity index is 475. The Hall–Kier alpha value is -1.43. The fraction of sp³-hybridized carbons (Fsp3) is 0.308. The Labute approximate surface area is 128 Å². The molecule has 0 bridgehead atoms. The van der Waals surface area contributed by atoms with E-state index in [1.807, 2.05) is 0 Å². The fourth-order valence-corrected chi connectivity index (χ4v) is 1.72. The van der Waals surface area contributed by atoms with Gasteiger partial charge in [0.2, 0.25) is 0 Å². The van der Waals surface area contributed by atoms with E-state index < -0.39 is 10.5 Å². The molecule has 3 N–H and O–H groups in total. The summed E-state index contributed by atoms with van der Waals surface area (Å²) in [7, 11) is 1.49. The Morgan fingerprint density at radius 1 is 1.50 bits per heavy atom. The zero-order chi connectivity index (χ0) is 15.2. The van der Waals surface area contributed by atoms with Gasteiger partial charge < -0.3 is 10.6 Å². The summed E-state index contributed by atoms with van der Waals surface area (Å²) in [6.07, 6.45) is 0.742. The molecule has 0 saturated heterocycles. The standard InChI is InChI=1S/C13H17Cl2N3O2/c1-4-16-12(13(2,14)15)17-11(19)9-6-5-7-10(8-9)18-20-3/h4-8,12,16,18H,1H2,2-3H3,(H,17,19). The molecule has 0 aromatic heterocycles. The maximum atomic E-state index is 12.2. The molecule has 1 rings (SSSR count). The topological polar surface area (TPSA) is 62.4 Å². The monoisotopic (exact) mass is 317 g/mol. The molecule has 1 atom stereocenters. The third-order valence-electron chi connectivity index (χ3n) is 2.41. The highest BCUT2D eigenvalue weighted by atomic mass is 35.5. The first kappa shape index (κ1) is 16.6. The molecular weight excluding hydrogens is 301 g/mol. The number of anilines is 1. The summed E-state index contributed by atoms with van der Waals surface area (Å²) in [4.78, 5) is 16.9. The summed E-state index contributed by atoms with van der Waals surface area (Å²) in [5, 5.41) is 5.48. The molecule has 0 spiro atoms. The summed E-state index contributed by atoms with van der Waals surface area (Å²) < 4.78 is -1.19. The van der Waals surface area contributed by atoms with E-state index in [2.05, 4.69) is 22.7 Å². The first-order chi connectivity index (χ1) is 9.38. The lowest BCUT2D eigenvalue weighted by Gasteiger charge is -2.27. The fourth-order valence-electron chi connectivity index (χ4n) is 1.49.